The van der Waals surface area contributed by atoms with Crippen molar-refractivity contribution in [3.05, 3.63) is 23.8 Å². The summed E-state index contributed by atoms with van der Waals surface area (Å²) >= 11 is 0. The molecule has 0 amide bonds. The van der Waals surface area contributed by atoms with Gasteiger partial charge in [0, 0.05) is 13.1 Å². The predicted octanol–water partition coefficient (Wildman–Crippen LogP) is 3.98. The lowest BCUT2D eigenvalue weighted by Gasteiger charge is -2.36. The first-order chi connectivity index (χ1) is 8.63. The average molecular weight is 246 g/mol. The van der Waals surface area contributed by atoms with Crippen LogP contribution in [-0.2, 0) is 0 Å². The van der Waals surface area contributed by atoms with E-state index in [1.54, 1.807) is 0 Å². The van der Waals surface area contributed by atoms with Crippen LogP contribution < -0.4 is 10.6 Å². The third kappa shape index (κ3) is 2.63. The normalized spacial score (nSPS) is 23.9. The number of aryl methyl sites for hydroxylation is 1. The largest absolute Gasteiger partial charge is 0.397 e. The molecular formula is C16H26N2. The molecule has 0 saturated heterocycles. The molecule has 1 fully saturated rings. The molecule has 18 heavy (non-hydrogen) atoms. The zero-order valence-corrected chi connectivity index (χ0v) is 11.9. The fourth-order valence-electron chi connectivity index (χ4n) is 3.11. The van der Waals surface area contributed by atoms with Crippen molar-refractivity contribution in [2.45, 2.75) is 52.0 Å². The van der Waals surface area contributed by atoms with Gasteiger partial charge in [-0.3, -0.25) is 0 Å². The summed E-state index contributed by atoms with van der Waals surface area (Å²) in [6.45, 7) is 4.40. The van der Waals surface area contributed by atoms with Crippen molar-refractivity contribution in [3.8, 4) is 0 Å². The summed E-state index contributed by atoms with van der Waals surface area (Å²) in [6, 6.07) is 7.00. The van der Waals surface area contributed by atoms with E-state index in [-0.39, 0.29) is 0 Å². The maximum Gasteiger partial charge on any atom is 0.0602 e. The molecule has 2 N–H and O–H groups in total. The number of rotatable bonds is 3. The van der Waals surface area contributed by atoms with Crippen molar-refractivity contribution >= 4 is 11.4 Å². The molecule has 2 nitrogen and oxygen atoms in total. The maximum atomic E-state index is 6.20. The quantitative estimate of drug-likeness (QED) is 0.817. The summed E-state index contributed by atoms with van der Waals surface area (Å²) in [4.78, 5) is 2.40. The molecular weight excluding hydrogens is 220 g/mol. The number of anilines is 2. The molecule has 1 aromatic rings. The zero-order chi connectivity index (χ0) is 13.1. The van der Waals surface area contributed by atoms with E-state index in [9.17, 15) is 0 Å². The summed E-state index contributed by atoms with van der Waals surface area (Å²) in [5.41, 5.74) is 9.53. The number of nitrogens with zero attached hydrogens (tertiary/aromatic N) is 1. The van der Waals surface area contributed by atoms with Gasteiger partial charge in [-0.25, -0.2) is 0 Å². The molecule has 0 heterocycles. The second kappa shape index (κ2) is 5.64. The fourth-order valence-corrected chi connectivity index (χ4v) is 3.11. The van der Waals surface area contributed by atoms with Crippen LogP contribution in [0.15, 0.2) is 18.2 Å². The van der Waals surface area contributed by atoms with Crippen molar-refractivity contribution in [3.63, 3.8) is 0 Å². The molecule has 0 radical (unpaired) electrons. The van der Waals surface area contributed by atoms with Gasteiger partial charge >= 0.3 is 0 Å². The van der Waals surface area contributed by atoms with Gasteiger partial charge in [-0.05, 0) is 50.2 Å². The van der Waals surface area contributed by atoms with E-state index in [2.05, 4.69) is 44.0 Å². The minimum atomic E-state index is 0.664. The number of nitrogens with two attached hydrogens (primary N) is 1. The van der Waals surface area contributed by atoms with Crippen LogP contribution in [0.25, 0.3) is 0 Å². The van der Waals surface area contributed by atoms with Gasteiger partial charge in [-0.15, -0.1) is 0 Å². The van der Waals surface area contributed by atoms with E-state index >= 15 is 0 Å². The summed E-state index contributed by atoms with van der Waals surface area (Å²) in [6.07, 6.45) is 6.70. The number of nitrogen functional groups attached to an aromatic ring is 1. The Bertz CT molecular complexity index is 392. The van der Waals surface area contributed by atoms with Crippen molar-refractivity contribution in [1.82, 2.24) is 0 Å². The standard InChI is InChI=1S/C16H26N2/c1-4-13-8-10-14(11-9-13)18(3)15-7-5-6-12(2)16(15)17/h5-7,13-14H,4,8-11,17H2,1-3H3. The average Bonchev–Trinajstić information content (AvgIpc) is 2.41. The van der Waals surface area contributed by atoms with Crippen LogP contribution in [-0.4, -0.2) is 13.1 Å². The highest BCUT2D eigenvalue weighted by molar-refractivity contribution is 5.70. The molecule has 0 atom stereocenters. The van der Waals surface area contributed by atoms with Crippen LogP contribution in [0, 0.1) is 12.8 Å². The Balaban J connectivity index is 2.08. The lowest BCUT2D eigenvalue weighted by molar-refractivity contribution is 0.313. The van der Waals surface area contributed by atoms with Crippen LogP contribution >= 0.6 is 0 Å². The molecule has 1 aromatic carbocycles. The monoisotopic (exact) mass is 246 g/mol. The number of para-hydroxylation sites is 1. The van der Waals surface area contributed by atoms with Crippen LogP contribution in [0.5, 0.6) is 0 Å². The highest BCUT2D eigenvalue weighted by Crippen LogP contribution is 2.33. The highest BCUT2D eigenvalue weighted by Gasteiger charge is 2.24. The Morgan fingerprint density at radius 2 is 1.89 bits per heavy atom. The van der Waals surface area contributed by atoms with E-state index < -0.39 is 0 Å². The second-order valence-electron chi connectivity index (χ2n) is 5.70. The van der Waals surface area contributed by atoms with Crippen molar-refractivity contribution in [1.29, 1.82) is 0 Å². The van der Waals surface area contributed by atoms with Gasteiger partial charge in [-0.2, -0.15) is 0 Å². The lowest BCUT2D eigenvalue weighted by atomic mass is 9.84. The zero-order valence-electron chi connectivity index (χ0n) is 11.9. The molecule has 0 bridgehead atoms. The molecule has 0 unspecified atom stereocenters. The molecule has 1 saturated carbocycles. The van der Waals surface area contributed by atoms with Gasteiger partial charge in [0.15, 0.2) is 0 Å². The maximum absolute atomic E-state index is 6.20. The van der Waals surface area contributed by atoms with E-state index in [0.717, 1.165) is 11.6 Å². The van der Waals surface area contributed by atoms with E-state index in [1.807, 2.05) is 0 Å². The molecule has 2 rings (SSSR count). The first-order valence-corrected chi connectivity index (χ1v) is 7.21. The van der Waals surface area contributed by atoms with Gasteiger partial charge in [0.2, 0.25) is 0 Å². The van der Waals surface area contributed by atoms with Crippen molar-refractivity contribution < 1.29 is 0 Å². The number of benzene rings is 1. The minimum Gasteiger partial charge on any atom is -0.397 e. The Morgan fingerprint density at radius 3 is 2.50 bits per heavy atom. The van der Waals surface area contributed by atoms with Crippen LogP contribution in [0.1, 0.15) is 44.6 Å². The molecule has 0 aromatic heterocycles. The third-order valence-electron chi connectivity index (χ3n) is 4.62. The number of hydrogen-bond acceptors (Lipinski definition) is 2. The van der Waals surface area contributed by atoms with Crippen molar-refractivity contribution in [2.75, 3.05) is 17.7 Å². The van der Waals surface area contributed by atoms with Crippen molar-refractivity contribution in [2.24, 2.45) is 5.92 Å². The lowest BCUT2D eigenvalue weighted by Crippen LogP contribution is -2.35. The van der Waals surface area contributed by atoms with Gasteiger partial charge in [0.1, 0.15) is 0 Å². The van der Waals surface area contributed by atoms with Crippen LogP contribution in [0.3, 0.4) is 0 Å². The van der Waals surface area contributed by atoms with E-state index in [4.69, 9.17) is 5.73 Å². The third-order valence-corrected chi connectivity index (χ3v) is 4.62. The fraction of sp³-hybridized carbons (Fsp3) is 0.625. The van der Waals surface area contributed by atoms with E-state index in [0.29, 0.717) is 6.04 Å². The van der Waals surface area contributed by atoms with Gasteiger partial charge in [0.05, 0.1) is 11.4 Å². The topological polar surface area (TPSA) is 29.3 Å². The highest BCUT2D eigenvalue weighted by atomic mass is 15.1. The summed E-state index contributed by atoms with van der Waals surface area (Å²) in [5, 5.41) is 0. The van der Waals surface area contributed by atoms with Gasteiger partial charge in [-0.1, -0.05) is 25.5 Å². The first-order valence-electron chi connectivity index (χ1n) is 7.21. The minimum absolute atomic E-state index is 0.664. The Kier molecular flexibility index (Phi) is 4.15. The predicted molar refractivity (Wildman–Crippen MR) is 80.0 cm³/mol. The molecule has 1 aliphatic carbocycles. The summed E-state index contributed by atoms with van der Waals surface area (Å²) < 4.78 is 0. The Morgan fingerprint density at radius 1 is 1.22 bits per heavy atom. The van der Waals surface area contributed by atoms with Crippen LogP contribution in [0.4, 0.5) is 11.4 Å². The molecule has 0 spiro atoms. The first kappa shape index (κ1) is 13.3. The molecule has 100 valence electrons. The van der Waals surface area contributed by atoms with Crippen LogP contribution in [0.2, 0.25) is 0 Å². The Labute approximate surface area is 111 Å². The van der Waals surface area contributed by atoms with Gasteiger partial charge < -0.3 is 10.6 Å². The summed E-state index contributed by atoms with van der Waals surface area (Å²) in [5.74, 6) is 0.949. The summed E-state index contributed by atoms with van der Waals surface area (Å²) in [7, 11) is 2.20. The molecule has 2 heteroatoms. The SMILES string of the molecule is CCC1CCC(N(C)c2cccc(C)c2N)CC1. The smallest absolute Gasteiger partial charge is 0.0602 e. The Hall–Kier alpha value is -1.18. The second-order valence-corrected chi connectivity index (χ2v) is 5.70. The molecule has 1 aliphatic rings. The molecule has 0 aliphatic heterocycles. The van der Waals surface area contributed by atoms with Gasteiger partial charge in [0.25, 0.3) is 0 Å². The van der Waals surface area contributed by atoms with E-state index in [1.165, 1.54) is 43.4 Å². The number of hydrogen-bond donors (Lipinski definition) is 1.